The lowest BCUT2D eigenvalue weighted by Gasteiger charge is -2.32. The summed E-state index contributed by atoms with van der Waals surface area (Å²) in [5.74, 6) is 0.409. The standard InChI is InChI=1S/C18H23N3O2/c1-12(22)21-9-8-13-4-2-3-5-15(13)17(21)10-18(23)20-16(11-19)14-6-7-14/h2-5,8-9,14,16-17H,6-7,10-11,19H2,1H3,(H,20,23). The van der Waals surface area contributed by atoms with Gasteiger partial charge in [0.1, 0.15) is 0 Å². The van der Waals surface area contributed by atoms with Crippen LogP contribution in [0, 0.1) is 5.92 Å². The molecule has 1 aromatic carbocycles. The van der Waals surface area contributed by atoms with Crippen LogP contribution < -0.4 is 11.1 Å². The van der Waals surface area contributed by atoms with Gasteiger partial charge in [-0.05, 0) is 36.0 Å². The van der Waals surface area contributed by atoms with Gasteiger partial charge in [-0.1, -0.05) is 24.3 Å². The number of nitrogens with one attached hydrogen (secondary N) is 1. The summed E-state index contributed by atoms with van der Waals surface area (Å²) in [5.41, 5.74) is 7.82. The lowest BCUT2D eigenvalue weighted by atomic mass is 9.93. The topological polar surface area (TPSA) is 75.4 Å². The Balaban J connectivity index is 1.76. The Morgan fingerprint density at radius 1 is 1.35 bits per heavy atom. The quantitative estimate of drug-likeness (QED) is 0.870. The highest BCUT2D eigenvalue weighted by atomic mass is 16.2. The van der Waals surface area contributed by atoms with Gasteiger partial charge in [-0.15, -0.1) is 0 Å². The van der Waals surface area contributed by atoms with Crippen LogP contribution in [0.25, 0.3) is 6.08 Å². The number of rotatable bonds is 5. The second-order valence-corrected chi connectivity index (χ2v) is 6.34. The molecule has 0 bridgehead atoms. The fourth-order valence-electron chi connectivity index (χ4n) is 3.22. The van der Waals surface area contributed by atoms with Gasteiger partial charge in [-0.3, -0.25) is 9.59 Å². The van der Waals surface area contributed by atoms with Crippen LogP contribution in [0.3, 0.4) is 0 Å². The van der Waals surface area contributed by atoms with Crippen molar-refractivity contribution in [3.8, 4) is 0 Å². The summed E-state index contributed by atoms with van der Waals surface area (Å²) in [6.45, 7) is 1.99. The van der Waals surface area contributed by atoms with E-state index >= 15 is 0 Å². The molecular formula is C18H23N3O2. The summed E-state index contributed by atoms with van der Waals surface area (Å²) in [6, 6.07) is 7.68. The van der Waals surface area contributed by atoms with E-state index in [1.54, 1.807) is 11.1 Å². The number of benzene rings is 1. The molecule has 2 atom stereocenters. The largest absolute Gasteiger partial charge is 0.352 e. The number of carbonyl (C=O) groups excluding carboxylic acids is 2. The van der Waals surface area contributed by atoms with E-state index in [0.717, 1.165) is 24.0 Å². The predicted molar refractivity (Wildman–Crippen MR) is 89.1 cm³/mol. The summed E-state index contributed by atoms with van der Waals surface area (Å²) in [4.78, 5) is 26.0. The first-order chi connectivity index (χ1) is 11.1. The third-order valence-electron chi connectivity index (χ3n) is 4.64. The molecule has 0 aromatic heterocycles. The second kappa shape index (κ2) is 6.54. The van der Waals surface area contributed by atoms with E-state index in [-0.39, 0.29) is 30.3 Å². The minimum absolute atomic E-state index is 0.0475. The van der Waals surface area contributed by atoms with E-state index in [0.29, 0.717) is 12.5 Å². The van der Waals surface area contributed by atoms with Crippen LogP contribution in [0.1, 0.15) is 43.4 Å². The van der Waals surface area contributed by atoms with Gasteiger partial charge in [0, 0.05) is 25.7 Å². The van der Waals surface area contributed by atoms with Crippen LogP contribution in [0.2, 0.25) is 0 Å². The molecule has 0 spiro atoms. The number of carbonyl (C=O) groups is 2. The molecular weight excluding hydrogens is 290 g/mol. The fourth-order valence-corrected chi connectivity index (χ4v) is 3.22. The molecule has 0 radical (unpaired) electrons. The smallest absolute Gasteiger partial charge is 0.223 e. The molecule has 0 saturated heterocycles. The van der Waals surface area contributed by atoms with Crippen molar-refractivity contribution in [2.75, 3.05) is 6.54 Å². The van der Waals surface area contributed by atoms with Gasteiger partial charge in [-0.2, -0.15) is 0 Å². The van der Waals surface area contributed by atoms with Crippen molar-refractivity contribution in [3.05, 3.63) is 41.6 Å². The molecule has 1 fully saturated rings. The van der Waals surface area contributed by atoms with Gasteiger partial charge in [0.05, 0.1) is 12.5 Å². The first-order valence-electron chi connectivity index (χ1n) is 8.15. The molecule has 2 aliphatic rings. The monoisotopic (exact) mass is 313 g/mol. The van der Waals surface area contributed by atoms with Crippen LogP contribution in [0.15, 0.2) is 30.5 Å². The van der Waals surface area contributed by atoms with E-state index < -0.39 is 0 Å². The molecule has 1 aromatic rings. The second-order valence-electron chi connectivity index (χ2n) is 6.34. The van der Waals surface area contributed by atoms with Crippen LogP contribution in [-0.4, -0.2) is 29.3 Å². The third kappa shape index (κ3) is 3.45. The Morgan fingerprint density at radius 3 is 2.74 bits per heavy atom. The Bertz CT molecular complexity index is 637. The molecule has 5 nitrogen and oxygen atoms in total. The minimum Gasteiger partial charge on any atom is -0.352 e. The highest BCUT2D eigenvalue weighted by molar-refractivity contribution is 5.82. The normalized spacial score (nSPS) is 20.8. The van der Waals surface area contributed by atoms with E-state index in [4.69, 9.17) is 5.73 Å². The Kier molecular flexibility index (Phi) is 4.48. The lowest BCUT2D eigenvalue weighted by molar-refractivity contribution is -0.130. The minimum atomic E-state index is -0.258. The summed E-state index contributed by atoms with van der Waals surface area (Å²) in [6.07, 6.45) is 6.21. The van der Waals surface area contributed by atoms with Crippen molar-refractivity contribution in [1.29, 1.82) is 0 Å². The maximum atomic E-state index is 12.5. The van der Waals surface area contributed by atoms with Crippen molar-refractivity contribution >= 4 is 17.9 Å². The van der Waals surface area contributed by atoms with Gasteiger partial charge in [0.15, 0.2) is 0 Å². The number of fused-ring (bicyclic) bond motifs is 1. The number of hydrogen-bond acceptors (Lipinski definition) is 3. The van der Waals surface area contributed by atoms with E-state index in [2.05, 4.69) is 5.32 Å². The molecule has 2 unspecified atom stereocenters. The summed E-state index contributed by atoms with van der Waals surface area (Å²) < 4.78 is 0. The maximum absolute atomic E-state index is 12.5. The number of hydrogen-bond donors (Lipinski definition) is 2. The molecule has 3 N–H and O–H groups in total. The van der Waals surface area contributed by atoms with Crippen molar-refractivity contribution in [3.63, 3.8) is 0 Å². The summed E-state index contributed by atoms with van der Waals surface area (Å²) in [5, 5.41) is 3.04. The van der Waals surface area contributed by atoms with Gasteiger partial charge >= 0.3 is 0 Å². The maximum Gasteiger partial charge on any atom is 0.223 e. The molecule has 5 heteroatoms. The van der Waals surface area contributed by atoms with Crippen molar-refractivity contribution in [2.45, 2.75) is 38.3 Å². The predicted octanol–water partition coefficient (Wildman–Crippen LogP) is 1.80. The zero-order chi connectivity index (χ0) is 16.4. The van der Waals surface area contributed by atoms with Crippen LogP contribution in [-0.2, 0) is 9.59 Å². The Labute approximate surface area is 136 Å². The zero-order valence-electron chi connectivity index (χ0n) is 13.4. The van der Waals surface area contributed by atoms with Gasteiger partial charge in [0.25, 0.3) is 0 Å². The molecule has 3 rings (SSSR count). The van der Waals surface area contributed by atoms with Crippen LogP contribution in [0.5, 0.6) is 0 Å². The molecule has 1 aliphatic heterocycles. The molecule has 2 amide bonds. The van der Waals surface area contributed by atoms with E-state index in [1.165, 1.54) is 6.92 Å². The first kappa shape index (κ1) is 15.7. The highest BCUT2D eigenvalue weighted by Gasteiger charge is 2.33. The zero-order valence-corrected chi connectivity index (χ0v) is 13.4. The van der Waals surface area contributed by atoms with Crippen molar-refractivity contribution in [1.82, 2.24) is 10.2 Å². The third-order valence-corrected chi connectivity index (χ3v) is 4.64. The molecule has 1 saturated carbocycles. The van der Waals surface area contributed by atoms with Crippen LogP contribution >= 0.6 is 0 Å². The van der Waals surface area contributed by atoms with Crippen molar-refractivity contribution in [2.24, 2.45) is 11.7 Å². The fraction of sp³-hybridized carbons (Fsp3) is 0.444. The summed E-state index contributed by atoms with van der Waals surface area (Å²) in [7, 11) is 0. The highest BCUT2D eigenvalue weighted by Crippen LogP contribution is 2.34. The first-order valence-corrected chi connectivity index (χ1v) is 8.15. The van der Waals surface area contributed by atoms with Gasteiger partial charge in [-0.25, -0.2) is 0 Å². The Morgan fingerprint density at radius 2 is 2.09 bits per heavy atom. The van der Waals surface area contributed by atoms with Gasteiger partial charge in [0.2, 0.25) is 11.8 Å². The number of nitrogens with two attached hydrogens (primary N) is 1. The lowest BCUT2D eigenvalue weighted by Crippen LogP contribution is -2.43. The average molecular weight is 313 g/mol. The molecule has 23 heavy (non-hydrogen) atoms. The van der Waals surface area contributed by atoms with Crippen molar-refractivity contribution < 1.29 is 9.59 Å². The van der Waals surface area contributed by atoms with E-state index in [1.807, 2.05) is 30.3 Å². The Hall–Kier alpha value is -2.14. The molecule has 122 valence electrons. The van der Waals surface area contributed by atoms with Gasteiger partial charge < -0.3 is 16.0 Å². The molecule has 1 aliphatic carbocycles. The SMILES string of the molecule is CC(=O)N1C=Cc2ccccc2C1CC(=O)NC(CN)C1CC1. The average Bonchev–Trinajstić information content (AvgIpc) is 3.37. The summed E-state index contributed by atoms with van der Waals surface area (Å²) >= 11 is 0. The van der Waals surface area contributed by atoms with Crippen LogP contribution in [0.4, 0.5) is 0 Å². The number of amides is 2. The van der Waals surface area contributed by atoms with E-state index in [9.17, 15) is 9.59 Å². The number of nitrogens with zero attached hydrogens (tertiary/aromatic N) is 1. The molecule has 1 heterocycles.